The molecule has 3 aromatic rings. The van der Waals surface area contributed by atoms with Crippen molar-refractivity contribution < 1.29 is 22.7 Å². The number of furan rings is 1. The molecule has 0 saturated heterocycles. The third-order valence-corrected chi connectivity index (χ3v) is 3.07. The number of aryl methyl sites for hydroxylation is 1. The normalized spacial score (nSPS) is 11.2. The van der Waals surface area contributed by atoms with Crippen molar-refractivity contribution in [3.05, 3.63) is 34.1 Å². The van der Waals surface area contributed by atoms with E-state index in [0.717, 1.165) is 6.07 Å². The second-order valence-electron chi connectivity index (χ2n) is 4.29. The first kappa shape index (κ1) is 12.5. The number of methoxy groups -OCH3 is 2. The van der Waals surface area contributed by atoms with Crippen molar-refractivity contribution in [1.29, 1.82) is 0 Å². The molecule has 2 heterocycles. The van der Waals surface area contributed by atoms with Crippen molar-refractivity contribution in [3.63, 3.8) is 0 Å². The summed E-state index contributed by atoms with van der Waals surface area (Å²) in [5.41, 5.74) is 0.0294. The van der Waals surface area contributed by atoms with Crippen molar-refractivity contribution in [3.8, 4) is 11.5 Å². The molecule has 0 spiro atoms. The Morgan fingerprint density at radius 1 is 1.05 bits per heavy atom. The van der Waals surface area contributed by atoms with Gasteiger partial charge in [-0.25, -0.2) is 0 Å². The maximum Gasteiger partial charge on any atom is 0.279 e. The molecular formula is C14H11FO5. The van der Waals surface area contributed by atoms with E-state index < -0.39 is 6.01 Å². The van der Waals surface area contributed by atoms with Crippen LogP contribution in [0.3, 0.4) is 0 Å². The lowest BCUT2D eigenvalue weighted by Gasteiger charge is -2.10. The Balaban J connectivity index is 2.68. The number of hydrogen-bond donors (Lipinski definition) is 0. The summed E-state index contributed by atoms with van der Waals surface area (Å²) in [5.74, 6) is 0.784. The zero-order valence-electron chi connectivity index (χ0n) is 11.1. The van der Waals surface area contributed by atoms with Gasteiger partial charge < -0.3 is 18.3 Å². The van der Waals surface area contributed by atoms with Crippen LogP contribution in [0.25, 0.3) is 21.9 Å². The monoisotopic (exact) mass is 278 g/mol. The van der Waals surface area contributed by atoms with Crippen molar-refractivity contribution in [1.82, 2.24) is 0 Å². The third-order valence-electron chi connectivity index (χ3n) is 3.07. The number of hydrogen-bond acceptors (Lipinski definition) is 5. The van der Waals surface area contributed by atoms with E-state index in [0.29, 0.717) is 11.1 Å². The summed E-state index contributed by atoms with van der Waals surface area (Å²) in [5, 5.41) is 0.522. The Bertz CT molecular complexity index is 875. The molecule has 3 rings (SSSR count). The fourth-order valence-electron chi connectivity index (χ4n) is 2.32. The largest absolute Gasteiger partial charge is 0.495 e. The third kappa shape index (κ3) is 1.57. The van der Waals surface area contributed by atoms with Gasteiger partial charge in [0, 0.05) is 12.1 Å². The first-order valence-electron chi connectivity index (χ1n) is 5.84. The average molecular weight is 278 g/mol. The number of halogens is 1. The van der Waals surface area contributed by atoms with E-state index >= 15 is 0 Å². The van der Waals surface area contributed by atoms with Gasteiger partial charge >= 0.3 is 0 Å². The van der Waals surface area contributed by atoms with Gasteiger partial charge in [-0.05, 0) is 6.92 Å². The molecule has 6 heteroatoms. The lowest BCUT2D eigenvalue weighted by molar-refractivity contribution is 0.361. The van der Waals surface area contributed by atoms with Gasteiger partial charge in [0.1, 0.15) is 16.9 Å². The van der Waals surface area contributed by atoms with E-state index in [9.17, 15) is 9.18 Å². The first-order valence-corrected chi connectivity index (χ1v) is 5.84. The van der Waals surface area contributed by atoms with Crippen LogP contribution in [0.15, 0.2) is 25.8 Å². The van der Waals surface area contributed by atoms with E-state index in [1.807, 2.05) is 0 Å². The Morgan fingerprint density at radius 3 is 2.40 bits per heavy atom. The van der Waals surface area contributed by atoms with Gasteiger partial charge in [-0.2, -0.15) is 4.39 Å². The highest BCUT2D eigenvalue weighted by atomic mass is 19.1. The van der Waals surface area contributed by atoms with Gasteiger partial charge in [-0.3, -0.25) is 4.79 Å². The van der Waals surface area contributed by atoms with Gasteiger partial charge in [0.15, 0.2) is 16.6 Å². The van der Waals surface area contributed by atoms with Gasteiger partial charge in [0.25, 0.3) is 6.01 Å². The van der Waals surface area contributed by atoms with Crippen LogP contribution >= 0.6 is 0 Å². The average Bonchev–Trinajstić information content (AvgIpc) is 2.76. The minimum absolute atomic E-state index is 0.142. The lowest BCUT2D eigenvalue weighted by Crippen LogP contribution is -2.04. The molecule has 0 bridgehead atoms. The summed E-state index contributed by atoms with van der Waals surface area (Å²) in [6, 6.07) is 1.69. The molecule has 0 saturated carbocycles. The van der Waals surface area contributed by atoms with Crippen molar-refractivity contribution >= 4 is 21.9 Å². The highest BCUT2D eigenvalue weighted by molar-refractivity contribution is 6.06. The number of ether oxygens (including phenoxy) is 2. The van der Waals surface area contributed by atoms with E-state index in [2.05, 4.69) is 0 Å². The Morgan fingerprint density at radius 2 is 1.75 bits per heavy atom. The maximum atomic E-state index is 13.4. The molecule has 0 atom stereocenters. The second kappa shape index (κ2) is 4.26. The molecule has 0 unspecified atom stereocenters. The molecule has 5 nitrogen and oxygen atoms in total. The highest BCUT2D eigenvalue weighted by Gasteiger charge is 2.23. The molecule has 0 aliphatic rings. The van der Waals surface area contributed by atoms with Gasteiger partial charge in [-0.15, -0.1) is 0 Å². The highest BCUT2D eigenvalue weighted by Crippen LogP contribution is 2.42. The minimum Gasteiger partial charge on any atom is -0.495 e. The Hall–Kier alpha value is -2.50. The van der Waals surface area contributed by atoms with Crippen molar-refractivity contribution in [2.45, 2.75) is 6.92 Å². The van der Waals surface area contributed by atoms with Crippen LogP contribution in [0.5, 0.6) is 11.5 Å². The van der Waals surface area contributed by atoms with E-state index in [1.165, 1.54) is 20.3 Å². The number of benzene rings is 1. The predicted octanol–water partition coefficient (Wildman–Crippen LogP) is 3.00. The molecule has 0 aliphatic heterocycles. The second-order valence-corrected chi connectivity index (χ2v) is 4.29. The smallest absolute Gasteiger partial charge is 0.279 e. The molecule has 104 valence electrons. The van der Waals surface area contributed by atoms with E-state index in [4.69, 9.17) is 18.3 Å². The standard InChI is InChI=1S/C14H11FO5/c1-6-4-8(16)10-11(17-2)7-5-9(15)20-12(7)14(18-3)13(10)19-6/h4-5H,1-3H3. The summed E-state index contributed by atoms with van der Waals surface area (Å²) < 4.78 is 34.4. The minimum atomic E-state index is -0.795. The summed E-state index contributed by atoms with van der Waals surface area (Å²) in [7, 11) is 2.79. The quantitative estimate of drug-likeness (QED) is 0.721. The molecule has 0 radical (unpaired) electrons. The van der Waals surface area contributed by atoms with E-state index in [1.54, 1.807) is 6.92 Å². The zero-order chi connectivity index (χ0) is 14.4. The molecule has 2 aromatic heterocycles. The van der Waals surface area contributed by atoms with Crippen LogP contribution in [0, 0.1) is 12.9 Å². The van der Waals surface area contributed by atoms with Gasteiger partial charge in [-0.1, -0.05) is 0 Å². The van der Waals surface area contributed by atoms with Crippen molar-refractivity contribution in [2.75, 3.05) is 14.2 Å². The fourth-order valence-corrected chi connectivity index (χ4v) is 2.32. The Kier molecular flexibility index (Phi) is 2.67. The van der Waals surface area contributed by atoms with Crippen LogP contribution in [0.1, 0.15) is 5.76 Å². The van der Waals surface area contributed by atoms with Gasteiger partial charge in [0.05, 0.1) is 19.6 Å². The molecular weight excluding hydrogens is 267 g/mol. The Labute approximate surface area is 112 Å². The van der Waals surface area contributed by atoms with Crippen LogP contribution in [-0.2, 0) is 0 Å². The summed E-state index contributed by atoms with van der Waals surface area (Å²) in [6.45, 7) is 1.64. The molecule has 0 amide bonds. The first-order chi connectivity index (χ1) is 9.56. The molecule has 1 aromatic carbocycles. The SMILES string of the molecule is COc1c2oc(F)cc2c(OC)c2c(=O)cc(C)oc12. The van der Waals surface area contributed by atoms with Crippen LogP contribution in [0.2, 0.25) is 0 Å². The molecule has 0 aliphatic carbocycles. The van der Waals surface area contributed by atoms with Crippen LogP contribution < -0.4 is 14.9 Å². The summed E-state index contributed by atoms with van der Waals surface area (Å²) in [4.78, 5) is 12.2. The molecule has 0 fully saturated rings. The van der Waals surface area contributed by atoms with Crippen LogP contribution in [0.4, 0.5) is 4.39 Å². The van der Waals surface area contributed by atoms with Crippen molar-refractivity contribution in [2.24, 2.45) is 0 Å². The van der Waals surface area contributed by atoms with Gasteiger partial charge in [0.2, 0.25) is 5.75 Å². The molecule has 20 heavy (non-hydrogen) atoms. The predicted molar refractivity (Wildman–Crippen MR) is 70.1 cm³/mol. The fraction of sp³-hybridized carbons (Fsp3) is 0.214. The zero-order valence-corrected chi connectivity index (χ0v) is 11.1. The lowest BCUT2D eigenvalue weighted by atomic mass is 10.1. The van der Waals surface area contributed by atoms with Crippen LogP contribution in [-0.4, -0.2) is 14.2 Å². The molecule has 0 N–H and O–H groups in total. The summed E-state index contributed by atoms with van der Waals surface area (Å²) >= 11 is 0. The summed E-state index contributed by atoms with van der Waals surface area (Å²) in [6.07, 6.45) is 0. The topological polar surface area (TPSA) is 61.8 Å². The number of rotatable bonds is 2. The van der Waals surface area contributed by atoms with E-state index in [-0.39, 0.29) is 33.5 Å². The maximum absolute atomic E-state index is 13.4. The number of fused-ring (bicyclic) bond motifs is 2.